The predicted octanol–water partition coefficient (Wildman–Crippen LogP) is 1.34. The summed E-state index contributed by atoms with van der Waals surface area (Å²) in [5.74, 6) is -2.10. The molecule has 1 aromatic rings. The van der Waals surface area contributed by atoms with Crippen LogP contribution in [0.25, 0.3) is 0 Å². The number of anilines is 1. The van der Waals surface area contributed by atoms with Gasteiger partial charge in [-0.1, -0.05) is 12.1 Å². The second-order valence-electron chi connectivity index (χ2n) is 3.79. The van der Waals surface area contributed by atoms with Gasteiger partial charge in [0, 0.05) is 26.2 Å². The molecule has 0 spiro atoms. The molecule has 0 unspecified atom stereocenters. The fraction of sp³-hybridized carbons (Fsp3) is 0.333. The van der Waals surface area contributed by atoms with Crippen molar-refractivity contribution in [1.82, 2.24) is 0 Å². The molecule has 86 valence electrons. The maximum absolute atomic E-state index is 10.9. The summed E-state index contributed by atoms with van der Waals surface area (Å²) in [5.41, 5.74) is 2.05. The fourth-order valence-electron chi connectivity index (χ4n) is 1.33. The van der Waals surface area contributed by atoms with E-state index in [2.05, 4.69) is 0 Å². The molecular weight excluding hydrogens is 206 g/mol. The molecule has 0 saturated heterocycles. The summed E-state index contributed by atoms with van der Waals surface area (Å²) in [4.78, 5) is 23.2. The number of carboxylic acids is 1. The highest BCUT2D eigenvalue weighted by Gasteiger charge is 2.10. The average Bonchev–Trinajstić information content (AvgIpc) is 2.26. The third-order valence-corrected chi connectivity index (χ3v) is 2.33. The van der Waals surface area contributed by atoms with Gasteiger partial charge in [0.05, 0.1) is 0 Å². The van der Waals surface area contributed by atoms with Crippen molar-refractivity contribution < 1.29 is 14.7 Å². The molecule has 1 N–H and O–H groups in total. The smallest absolute Gasteiger partial charge is 0.372 e. The lowest BCUT2D eigenvalue weighted by atomic mass is 10.1. The number of hydrogen-bond donors (Lipinski definition) is 1. The molecule has 1 aromatic carbocycles. The first-order chi connectivity index (χ1) is 7.50. The number of benzene rings is 1. The Balaban J connectivity index is 2.56. The molecule has 4 heteroatoms. The molecule has 0 bridgehead atoms. The van der Waals surface area contributed by atoms with Crippen LogP contribution in [0.5, 0.6) is 0 Å². The first-order valence-corrected chi connectivity index (χ1v) is 5.03. The normalized spacial score (nSPS) is 9.88. The standard InChI is InChI=1S/C12H15NO3/c1-13(2)10-6-3-9(4-7-10)5-8-11(14)12(15)16/h3-4,6-7H,5,8H2,1-2H3,(H,15,16). The van der Waals surface area contributed by atoms with E-state index < -0.39 is 11.8 Å². The Labute approximate surface area is 94.5 Å². The lowest BCUT2D eigenvalue weighted by Crippen LogP contribution is -2.13. The third-order valence-electron chi connectivity index (χ3n) is 2.33. The topological polar surface area (TPSA) is 57.6 Å². The Hall–Kier alpha value is -1.84. The monoisotopic (exact) mass is 221 g/mol. The molecule has 4 nitrogen and oxygen atoms in total. The van der Waals surface area contributed by atoms with E-state index in [1.807, 2.05) is 43.3 Å². The van der Waals surface area contributed by atoms with E-state index in [1.54, 1.807) is 0 Å². The van der Waals surface area contributed by atoms with Gasteiger partial charge in [-0.25, -0.2) is 4.79 Å². The Kier molecular flexibility index (Phi) is 4.05. The number of ketones is 1. The van der Waals surface area contributed by atoms with Crippen molar-refractivity contribution in [2.75, 3.05) is 19.0 Å². The van der Waals surface area contributed by atoms with Gasteiger partial charge < -0.3 is 10.0 Å². The van der Waals surface area contributed by atoms with Crippen LogP contribution >= 0.6 is 0 Å². The lowest BCUT2D eigenvalue weighted by molar-refractivity contribution is -0.149. The van der Waals surface area contributed by atoms with E-state index in [-0.39, 0.29) is 6.42 Å². The highest BCUT2D eigenvalue weighted by atomic mass is 16.4. The fourth-order valence-corrected chi connectivity index (χ4v) is 1.33. The number of carbonyl (C=O) groups is 2. The van der Waals surface area contributed by atoms with Crippen molar-refractivity contribution >= 4 is 17.4 Å². The number of rotatable bonds is 5. The zero-order valence-corrected chi connectivity index (χ0v) is 9.43. The Bertz CT molecular complexity index is 382. The minimum Gasteiger partial charge on any atom is -0.476 e. The van der Waals surface area contributed by atoms with E-state index in [0.29, 0.717) is 6.42 Å². The molecule has 0 radical (unpaired) electrons. The largest absolute Gasteiger partial charge is 0.476 e. The van der Waals surface area contributed by atoms with Crippen LogP contribution < -0.4 is 4.90 Å². The zero-order chi connectivity index (χ0) is 12.1. The summed E-state index contributed by atoms with van der Waals surface area (Å²) in [5, 5.41) is 8.42. The van der Waals surface area contributed by atoms with E-state index >= 15 is 0 Å². The van der Waals surface area contributed by atoms with E-state index in [9.17, 15) is 9.59 Å². The highest BCUT2D eigenvalue weighted by Crippen LogP contribution is 2.13. The predicted molar refractivity (Wildman–Crippen MR) is 61.7 cm³/mol. The Morgan fingerprint density at radius 3 is 2.19 bits per heavy atom. The number of aryl methyl sites for hydroxylation is 1. The van der Waals surface area contributed by atoms with Crippen LogP contribution in [0.4, 0.5) is 5.69 Å². The minimum atomic E-state index is -1.36. The SMILES string of the molecule is CN(C)c1ccc(CCC(=O)C(=O)O)cc1. The van der Waals surface area contributed by atoms with Crippen LogP contribution in [-0.4, -0.2) is 31.0 Å². The van der Waals surface area contributed by atoms with Crippen molar-refractivity contribution in [3.63, 3.8) is 0 Å². The summed E-state index contributed by atoms with van der Waals surface area (Å²) in [7, 11) is 3.89. The first-order valence-electron chi connectivity index (χ1n) is 5.03. The van der Waals surface area contributed by atoms with Crippen molar-refractivity contribution in [3.8, 4) is 0 Å². The maximum Gasteiger partial charge on any atom is 0.372 e. The first kappa shape index (κ1) is 12.2. The molecular formula is C12H15NO3. The van der Waals surface area contributed by atoms with Gasteiger partial charge in [-0.3, -0.25) is 4.79 Å². The number of carboxylic acid groups (broad SMARTS) is 1. The van der Waals surface area contributed by atoms with Crippen LogP contribution in [0, 0.1) is 0 Å². The van der Waals surface area contributed by atoms with Crippen molar-refractivity contribution in [3.05, 3.63) is 29.8 Å². The summed E-state index contributed by atoms with van der Waals surface area (Å²) in [6.45, 7) is 0. The van der Waals surface area contributed by atoms with Gasteiger partial charge in [0.15, 0.2) is 0 Å². The Morgan fingerprint density at radius 2 is 1.75 bits per heavy atom. The molecule has 0 aromatic heterocycles. The van der Waals surface area contributed by atoms with E-state index in [0.717, 1.165) is 11.3 Å². The summed E-state index contributed by atoms with van der Waals surface area (Å²) in [6.07, 6.45) is 0.523. The molecule has 16 heavy (non-hydrogen) atoms. The molecule has 0 aliphatic heterocycles. The summed E-state index contributed by atoms with van der Waals surface area (Å²) >= 11 is 0. The summed E-state index contributed by atoms with van der Waals surface area (Å²) in [6, 6.07) is 7.70. The van der Waals surface area contributed by atoms with E-state index in [4.69, 9.17) is 5.11 Å². The Morgan fingerprint density at radius 1 is 1.19 bits per heavy atom. The van der Waals surface area contributed by atoms with Crippen LogP contribution in [0.3, 0.4) is 0 Å². The number of Topliss-reactive ketones (excluding diaryl/α,β-unsaturated/α-hetero) is 1. The van der Waals surface area contributed by atoms with Crippen LogP contribution in [0.15, 0.2) is 24.3 Å². The van der Waals surface area contributed by atoms with Gasteiger partial charge in [-0.05, 0) is 24.1 Å². The van der Waals surface area contributed by atoms with Gasteiger partial charge in [0.2, 0.25) is 5.78 Å². The number of carbonyl (C=O) groups excluding carboxylic acids is 1. The number of nitrogens with zero attached hydrogens (tertiary/aromatic N) is 1. The van der Waals surface area contributed by atoms with Crippen LogP contribution in [-0.2, 0) is 16.0 Å². The number of aliphatic carboxylic acids is 1. The average molecular weight is 221 g/mol. The van der Waals surface area contributed by atoms with Gasteiger partial charge >= 0.3 is 5.97 Å². The molecule has 0 amide bonds. The van der Waals surface area contributed by atoms with Gasteiger partial charge in [-0.15, -0.1) is 0 Å². The van der Waals surface area contributed by atoms with Crippen molar-refractivity contribution in [2.45, 2.75) is 12.8 Å². The van der Waals surface area contributed by atoms with Gasteiger partial charge in [-0.2, -0.15) is 0 Å². The molecule has 0 fully saturated rings. The zero-order valence-electron chi connectivity index (χ0n) is 9.43. The quantitative estimate of drug-likeness (QED) is 0.762. The molecule has 0 aliphatic carbocycles. The lowest BCUT2D eigenvalue weighted by Gasteiger charge is -2.12. The summed E-state index contributed by atoms with van der Waals surface area (Å²) < 4.78 is 0. The molecule has 1 rings (SSSR count). The minimum absolute atomic E-state index is 0.0522. The van der Waals surface area contributed by atoms with Crippen molar-refractivity contribution in [1.29, 1.82) is 0 Å². The highest BCUT2D eigenvalue weighted by molar-refractivity contribution is 6.32. The molecule has 0 aliphatic rings. The van der Waals surface area contributed by atoms with Crippen LogP contribution in [0.1, 0.15) is 12.0 Å². The van der Waals surface area contributed by atoms with Crippen LogP contribution in [0.2, 0.25) is 0 Å². The maximum atomic E-state index is 10.9. The molecule has 0 saturated carbocycles. The van der Waals surface area contributed by atoms with Gasteiger partial charge in [0.25, 0.3) is 0 Å². The van der Waals surface area contributed by atoms with Crippen molar-refractivity contribution in [2.24, 2.45) is 0 Å². The van der Waals surface area contributed by atoms with E-state index in [1.165, 1.54) is 0 Å². The number of hydrogen-bond acceptors (Lipinski definition) is 3. The molecule has 0 heterocycles. The third kappa shape index (κ3) is 3.38. The second-order valence-corrected chi connectivity index (χ2v) is 3.79. The second kappa shape index (κ2) is 5.30. The van der Waals surface area contributed by atoms with Gasteiger partial charge in [0.1, 0.15) is 0 Å². The molecule has 0 atom stereocenters.